The lowest BCUT2D eigenvalue weighted by Crippen LogP contribution is -2.24. The largest absolute Gasteiger partial charge is 0.351 e. The van der Waals surface area contributed by atoms with E-state index >= 15 is 0 Å². The van der Waals surface area contributed by atoms with Crippen molar-refractivity contribution in [3.05, 3.63) is 89.7 Å². The van der Waals surface area contributed by atoms with Gasteiger partial charge < -0.3 is 5.32 Å². The number of rotatable bonds is 7. The molecule has 0 unspecified atom stereocenters. The summed E-state index contributed by atoms with van der Waals surface area (Å²) in [6.45, 7) is 4.60. The molecule has 2 aromatic carbocycles. The lowest BCUT2D eigenvalue weighted by molar-refractivity contribution is -0.118. The first-order valence-electron chi connectivity index (χ1n) is 9.98. The Morgan fingerprint density at radius 1 is 0.968 bits per heavy atom. The third-order valence-electron chi connectivity index (χ3n) is 4.87. The van der Waals surface area contributed by atoms with Gasteiger partial charge in [-0.1, -0.05) is 59.8 Å². The third kappa shape index (κ3) is 5.00. The van der Waals surface area contributed by atoms with Crippen molar-refractivity contribution in [1.29, 1.82) is 0 Å². The third-order valence-corrected chi connectivity index (χ3v) is 5.80. The van der Waals surface area contributed by atoms with Gasteiger partial charge in [0.25, 0.3) is 0 Å². The average Bonchev–Trinajstić information content (AvgIpc) is 3.22. The molecule has 0 saturated carbocycles. The van der Waals surface area contributed by atoms with Crippen molar-refractivity contribution in [2.75, 3.05) is 5.75 Å². The highest BCUT2D eigenvalue weighted by Crippen LogP contribution is 2.29. The molecule has 0 bridgehead atoms. The molecule has 1 amide bonds. The molecule has 0 atom stereocenters. The number of carbonyl (C=O) groups is 1. The van der Waals surface area contributed by atoms with E-state index in [0.717, 1.165) is 28.2 Å². The van der Waals surface area contributed by atoms with Crippen molar-refractivity contribution in [2.24, 2.45) is 0 Å². The molecule has 7 heteroatoms. The maximum absolute atomic E-state index is 12.5. The zero-order valence-electron chi connectivity index (χ0n) is 17.4. The molecule has 1 N–H and O–H groups in total. The summed E-state index contributed by atoms with van der Waals surface area (Å²) in [5.41, 5.74) is 5.28. The fourth-order valence-corrected chi connectivity index (χ4v) is 3.95. The SMILES string of the molecule is Cc1ccc(CNC(=O)CSc2nnc(-c3ccncc3)n2-c2ccccc2C)cc1. The fraction of sp³-hybridized carbons (Fsp3) is 0.167. The van der Waals surface area contributed by atoms with Gasteiger partial charge in [0, 0.05) is 24.5 Å². The molecule has 2 aromatic heterocycles. The van der Waals surface area contributed by atoms with Crippen molar-refractivity contribution in [2.45, 2.75) is 25.5 Å². The number of nitrogens with one attached hydrogen (secondary N) is 1. The maximum atomic E-state index is 12.5. The summed E-state index contributed by atoms with van der Waals surface area (Å²) in [7, 11) is 0. The number of para-hydroxylation sites is 1. The molecule has 0 radical (unpaired) electrons. The number of benzene rings is 2. The Kier molecular flexibility index (Phi) is 6.43. The van der Waals surface area contributed by atoms with Crippen LogP contribution >= 0.6 is 11.8 Å². The number of nitrogens with zero attached hydrogens (tertiary/aromatic N) is 4. The van der Waals surface area contributed by atoms with E-state index in [2.05, 4.69) is 20.5 Å². The average molecular weight is 430 g/mol. The molecule has 0 aliphatic carbocycles. The van der Waals surface area contributed by atoms with Crippen LogP contribution in [0.4, 0.5) is 0 Å². The standard InChI is InChI=1S/C24H23N5OS/c1-17-7-9-19(10-8-17)15-26-22(30)16-31-24-28-27-23(20-11-13-25-14-12-20)29(24)21-6-4-3-5-18(21)2/h3-14H,15-16H2,1-2H3,(H,26,30). The lowest BCUT2D eigenvalue weighted by atomic mass is 10.1. The topological polar surface area (TPSA) is 72.7 Å². The molecule has 31 heavy (non-hydrogen) atoms. The minimum Gasteiger partial charge on any atom is -0.351 e. The highest BCUT2D eigenvalue weighted by atomic mass is 32.2. The van der Waals surface area contributed by atoms with E-state index in [1.807, 2.05) is 79.1 Å². The van der Waals surface area contributed by atoms with Crippen molar-refractivity contribution in [1.82, 2.24) is 25.1 Å². The minimum absolute atomic E-state index is 0.0460. The maximum Gasteiger partial charge on any atom is 0.230 e. The van der Waals surface area contributed by atoms with Gasteiger partial charge >= 0.3 is 0 Å². The Balaban J connectivity index is 1.53. The molecule has 0 aliphatic rings. The monoisotopic (exact) mass is 429 g/mol. The van der Waals surface area contributed by atoms with Crippen molar-refractivity contribution in [3.63, 3.8) is 0 Å². The highest BCUT2D eigenvalue weighted by Gasteiger charge is 2.18. The molecule has 0 aliphatic heterocycles. The van der Waals surface area contributed by atoms with Crippen LogP contribution in [-0.2, 0) is 11.3 Å². The summed E-state index contributed by atoms with van der Waals surface area (Å²) < 4.78 is 2.00. The van der Waals surface area contributed by atoms with Gasteiger partial charge in [-0.15, -0.1) is 10.2 Å². The van der Waals surface area contributed by atoms with Gasteiger partial charge in [0.2, 0.25) is 5.91 Å². The van der Waals surface area contributed by atoms with E-state index in [1.54, 1.807) is 12.4 Å². The first-order valence-corrected chi connectivity index (χ1v) is 11.0. The van der Waals surface area contributed by atoms with Gasteiger partial charge in [0.15, 0.2) is 11.0 Å². The number of hydrogen-bond donors (Lipinski definition) is 1. The van der Waals surface area contributed by atoms with Gasteiger partial charge in [-0.3, -0.25) is 14.3 Å². The molecule has 0 saturated heterocycles. The van der Waals surface area contributed by atoms with Crippen LogP contribution in [0.1, 0.15) is 16.7 Å². The number of hydrogen-bond acceptors (Lipinski definition) is 5. The van der Waals surface area contributed by atoms with Crippen LogP contribution in [0.5, 0.6) is 0 Å². The molecule has 2 heterocycles. The van der Waals surface area contributed by atoms with E-state index in [1.165, 1.54) is 17.3 Å². The second kappa shape index (κ2) is 9.57. The number of pyridine rings is 1. The highest BCUT2D eigenvalue weighted by molar-refractivity contribution is 7.99. The van der Waals surface area contributed by atoms with Crippen LogP contribution in [0.25, 0.3) is 17.1 Å². The van der Waals surface area contributed by atoms with Gasteiger partial charge in [-0.05, 0) is 43.2 Å². The van der Waals surface area contributed by atoms with Gasteiger partial charge in [0.05, 0.1) is 11.4 Å². The van der Waals surface area contributed by atoms with E-state index in [0.29, 0.717) is 11.7 Å². The second-order valence-electron chi connectivity index (χ2n) is 7.21. The summed E-state index contributed by atoms with van der Waals surface area (Å²) in [6, 6.07) is 20.0. The van der Waals surface area contributed by atoms with Crippen LogP contribution in [0.2, 0.25) is 0 Å². The predicted octanol–water partition coefficient (Wildman–Crippen LogP) is 4.35. The number of thioether (sulfide) groups is 1. The lowest BCUT2D eigenvalue weighted by Gasteiger charge is -2.13. The molecule has 156 valence electrons. The fourth-order valence-electron chi connectivity index (χ4n) is 3.17. The minimum atomic E-state index is -0.0460. The van der Waals surface area contributed by atoms with Gasteiger partial charge in [-0.25, -0.2) is 0 Å². The van der Waals surface area contributed by atoms with Crippen LogP contribution in [0, 0.1) is 13.8 Å². The molecule has 6 nitrogen and oxygen atoms in total. The Labute approximate surface area is 185 Å². The van der Waals surface area contributed by atoms with Crippen molar-refractivity contribution >= 4 is 17.7 Å². The van der Waals surface area contributed by atoms with Crippen molar-refractivity contribution in [3.8, 4) is 17.1 Å². The number of aromatic nitrogens is 4. The van der Waals surface area contributed by atoms with Gasteiger partial charge in [0.1, 0.15) is 0 Å². The smallest absolute Gasteiger partial charge is 0.230 e. The summed E-state index contributed by atoms with van der Waals surface area (Å²) >= 11 is 1.37. The molecule has 0 fully saturated rings. The van der Waals surface area contributed by atoms with E-state index in [4.69, 9.17) is 0 Å². The number of amides is 1. The van der Waals surface area contributed by atoms with Crippen LogP contribution in [0.3, 0.4) is 0 Å². The first-order chi connectivity index (χ1) is 15.1. The Hall–Kier alpha value is -3.45. The molecule has 4 aromatic rings. The molecular formula is C24H23N5OS. The Bertz CT molecular complexity index is 1170. The van der Waals surface area contributed by atoms with Crippen LogP contribution in [0.15, 0.2) is 78.2 Å². The van der Waals surface area contributed by atoms with Crippen molar-refractivity contribution < 1.29 is 4.79 Å². The number of carbonyl (C=O) groups excluding carboxylic acids is 1. The Morgan fingerprint density at radius 3 is 2.45 bits per heavy atom. The van der Waals surface area contributed by atoms with Gasteiger partial charge in [-0.2, -0.15) is 0 Å². The number of aryl methyl sites for hydroxylation is 2. The second-order valence-corrected chi connectivity index (χ2v) is 8.16. The Morgan fingerprint density at radius 2 is 1.71 bits per heavy atom. The summed E-state index contributed by atoms with van der Waals surface area (Å²) in [6.07, 6.45) is 3.47. The predicted molar refractivity (Wildman–Crippen MR) is 123 cm³/mol. The zero-order chi connectivity index (χ0) is 21.6. The zero-order valence-corrected chi connectivity index (χ0v) is 18.3. The van der Waals surface area contributed by atoms with E-state index < -0.39 is 0 Å². The summed E-state index contributed by atoms with van der Waals surface area (Å²) in [4.78, 5) is 16.5. The van der Waals surface area contributed by atoms with Crippen LogP contribution in [-0.4, -0.2) is 31.4 Å². The normalized spacial score (nSPS) is 10.8. The quantitative estimate of drug-likeness (QED) is 0.442. The van der Waals surface area contributed by atoms with E-state index in [-0.39, 0.29) is 11.7 Å². The van der Waals surface area contributed by atoms with E-state index in [9.17, 15) is 4.79 Å². The first kappa shape index (κ1) is 20.8. The molecular weight excluding hydrogens is 406 g/mol. The van der Waals surface area contributed by atoms with Crippen LogP contribution < -0.4 is 5.32 Å². The summed E-state index contributed by atoms with van der Waals surface area (Å²) in [5.74, 6) is 0.932. The molecule has 4 rings (SSSR count). The molecule has 0 spiro atoms. The summed E-state index contributed by atoms with van der Waals surface area (Å²) in [5, 5.41) is 12.4.